The minimum atomic E-state index is -0.910. The zero-order valence-corrected chi connectivity index (χ0v) is 21.2. The molecule has 0 bridgehead atoms. The van der Waals surface area contributed by atoms with Crippen LogP contribution < -0.4 is 9.47 Å². The fourth-order valence-corrected chi connectivity index (χ4v) is 4.64. The molecule has 6 nitrogen and oxygen atoms in total. The van der Waals surface area contributed by atoms with E-state index in [1.54, 1.807) is 18.2 Å². The van der Waals surface area contributed by atoms with Gasteiger partial charge in [-0.15, -0.1) is 0 Å². The van der Waals surface area contributed by atoms with Crippen molar-refractivity contribution in [3.8, 4) is 11.5 Å². The number of benzene rings is 4. The molecule has 1 aliphatic heterocycles. The van der Waals surface area contributed by atoms with Gasteiger partial charge in [-0.2, -0.15) is 0 Å². The van der Waals surface area contributed by atoms with Gasteiger partial charge in [-0.25, -0.2) is 4.39 Å². The summed E-state index contributed by atoms with van der Waals surface area (Å²) in [5, 5.41) is 11.2. The molecule has 0 spiro atoms. The van der Waals surface area contributed by atoms with E-state index in [1.165, 1.54) is 36.3 Å². The zero-order chi connectivity index (χ0) is 27.4. The van der Waals surface area contributed by atoms with Crippen LogP contribution in [0.5, 0.6) is 11.5 Å². The van der Waals surface area contributed by atoms with E-state index in [-0.39, 0.29) is 23.4 Å². The fourth-order valence-electron chi connectivity index (χ4n) is 4.64. The average molecular weight is 524 g/mol. The number of likely N-dealkylation sites (tertiary alicyclic amines) is 1. The highest BCUT2D eigenvalue weighted by atomic mass is 19.1. The van der Waals surface area contributed by atoms with Crippen molar-refractivity contribution in [2.45, 2.75) is 19.2 Å². The highest BCUT2D eigenvalue weighted by Crippen LogP contribution is 2.42. The van der Waals surface area contributed by atoms with E-state index >= 15 is 0 Å². The maximum Gasteiger partial charge on any atom is 0.295 e. The summed E-state index contributed by atoms with van der Waals surface area (Å²) in [6.45, 7) is 0.471. The third-order valence-corrected chi connectivity index (χ3v) is 6.59. The molecule has 1 atom stereocenters. The van der Waals surface area contributed by atoms with E-state index in [1.807, 2.05) is 60.7 Å². The Kier molecular flexibility index (Phi) is 7.41. The summed E-state index contributed by atoms with van der Waals surface area (Å²) in [7, 11) is 1.51. The van der Waals surface area contributed by atoms with Crippen LogP contribution in [0.25, 0.3) is 5.76 Å². The molecule has 4 aromatic carbocycles. The van der Waals surface area contributed by atoms with Gasteiger partial charge in [0.25, 0.3) is 11.7 Å². The number of hydrogen-bond acceptors (Lipinski definition) is 5. The number of rotatable bonds is 8. The molecule has 5 rings (SSSR count). The number of nitrogens with zero attached hydrogens (tertiary/aromatic N) is 1. The highest BCUT2D eigenvalue weighted by Gasteiger charge is 2.46. The number of hydrogen-bond donors (Lipinski definition) is 1. The van der Waals surface area contributed by atoms with Gasteiger partial charge in [0.2, 0.25) is 0 Å². The first-order chi connectivity index (χ1) is 19.0. The SMILES string of the molecule is COc1cc(C2/C(=C(\O)c3ccc(F)cc3)C(=O)C(=O)N2Cc2ccccc2)ccc1OCc1ccccc1. The van der Waals surface area contributed by atoms with Gasteiger partial charge in [-0.1, -0.05) is 66.7 Å². The second kappa shape index (κ2) is 11.2. The van der Waals surface area contributed by atoms with Crippen molar-refractivity contribution >= 4 is 17.4 Å². The molecule has 1 amide bonds. The molecule has 4 aromatic rings. The van der Waals surface area contributed by atoms with Crippen LogP contribution >= 0.6 is 0 Å². The quantitative estimate of drug-likeness (QED) is 0.173. The van der Waals surface area contributed by atoms with Crippen molar-refractivity contribution in [1.82, 2.24) is 4.90 Å². The summed E-state index contributed by atoms with van der Waals surface area (Å²) >= 11 is 0. The van der Waals surface area contributed by atoms with Crippen LogP contribution in [0.3, 0.4) is 0 Å². The number of aliphatic hydroxyl groups is 1. The van der Waals surface area contributed by atoms with E-state index in [2.05, 4.69) is 0 Å². The van der Waals surface area contributed by atoms with Crippen molar-refractivity contribution in [3.05, 3.63) is 137 Å². The van der Waals surface area contributed by atoms with Crippen LogP contribution in [0.2, 0.25) is 0 Å². The van der Waals surface area contributed by atoms with E-state index in [0.717, 1.165) is 11.1 Å². The number of halogens is 1. The van der Waals surface area contributed by atoms with E-state index < -0.39 is 23.5 Å². The lowest BCUT2D eigenvalue weighted by molar-refractivity contribution is -0.140. The molecule has 1 heterocycles. The Balaban J connectivity index is 1.57. The first-order valence-electron chi connectivity index (χ1n) is 12.4. The number of ketones is 1. The maximum atomic E-state index is 13.6. The molecule has 0 aliphatic carbocycles. The lowest BCUT2D eigenvalue weighted by Gasteiger charge is -2.26. The van der Waals surface area contributed by atoms with Crippen molar-refractivity contribution in [1.29, 1.82) is 0 Å². The van der Waals surface area contributed by atoms with E-state index in [9.17, 15) is 19.1 Å². The minimum absolute atomic E-state index is 0.0810. The van der Waals surface area contributed by atoms with Crippen LogP contribution in [-0.4, -0.2) is 28.8 Å². The molecule has 1 unspecified atom stereocenters. The topological polar surface area (TPSA) is 76.1 Å². The summed E-state index contributed by atoms with van der Waals surface area (Å²) in [6, 6.07) is 28.3. The molecule has 1 aliphatic rings. The number of carbonyl (C=O) groups excluding carboxylic acids is 2. The molecular weight excluding hydrogens is 497 g/mol. The standard InChI is InChI=1S/C32H26FNO5/c1-38-27-18-24(14-17-26(27)39-20-22-10-6-3-7-11-22)29-28(30(35)23-12-15-25(33)16-13-23)31(36)32(37)34(29)19-21-8-4-2-5-9-21/h2-18,29,35H,19-20H2,1H3/b30-28+. The Labute approximate surface area is 225 Å². The van der Waals surface area contributed by atoms with Crippen LogP contribution in [0.4, 0.5) is 4.39 Å². The van der Waals surface area contributed by atoms with Gasteiger partial charge in [0.05, 0.1) is 18.7 Å². The molecule has 1 N–H and O–H groups in total. The number of aliphatic hydroxyl groups excluding tert-OH is 1. The highest BCUT2D eigenvalue weighted by molar-refractivity contribution is 6.46. The summed E-state index contributed by atoms with van der Waals surface area (Å²) in [5.41, 5.74) is 2.51. The molecule has 39 heavy (non-hydrogen) atoms. The Bertz CT molecular complexity index is 1520. The smallest absolute Gasteiger partial charge is 0.295 e. The summed E-state index contributed by atoms with van der Waals surface area (Å²) in [6.07, 6.45) is 0. The first kappa shape index (κ1) is 25.7. The van der Waals surface area contributed by atoms with E-state index in [0.29, 0.717) is 23.7 Å². The van der Waals surface area contributed by atoms with E-state index in [4.69, 9.17) is 9.47 Å². The monoisotopic (exact) mass is 523 g/mol. The van der Waals surface area contributed by atoms with Crippen LogP contribution in [0, 0.1) is 5.82 Å². The molecule has 7 heteroatoms. The van der Waals surface area contributed by atoms with Crippen LogP contribution in [0.15, 0.2) is 109 Å². The molecule has 196 valence electrons. The number of carbonyl (C=O) groups is 2. The van der Waals surface area contributed by atoms with Gasteiger partial charge in [-0.05, 0) is 53.1 Å². The summed E-state index contributed by atoms with van der Waals surface area (Å²) in [5.74, 6) is -1.52. The third-order valence-electron chi connectivity index (χ3n) is 6.59. The number of Topliss-reactive ketones (excluding diaryl/α,β-unsaturated/α-hetero) is 1. The van der Waals surface area contributed by atoms with Gasteiger partial charge in [0.15, 0.2) is 11.5 Å². The zero-order valence-electron chi connectivity index (χ0n) is 21.2. The van der Waals surface area contributed by atoms with Crippen LogP contribution in [-0.2, 0) is 22.7 Å². The normalized spacial score (nSPS) is 16.4. The number of ether oxygens (including phenoxy) is 2. The van der Waals surface area contributed by atoms with Gasteiger partial charge < -0.3 is 19.5 Å². The lowest BCUT2D eigenvalue weighted by Crippen LogP contribution is -2.29. The van der Waals surface area contributed by atoms with Gasteiger partial charge in [0.1, 0.15) is 18.2 Å². The molecule has 0 aromatic heterocycles. The minimum Gasteiger partial charge on any atom is -0.507 e. The van der Waals surface area contributed by atoms with Crippen molar-refractivity contribution in [2.24, 2.45) is 0 Å². The van der Waals surface area contributed by atoms with Gasteiger partial charge in [-0.3, -0.25) is 9.59 Å². The Morgan fingerprint density at radius 2 is 1.49 bits per heavy atom. The van der Waals surface area contributed by atoms with Crippen molar-refractivity contribution in [3.63, 3.8) is 0 Å². The van der Waals surface area contributed by atoms with Crippen molar-refractivity contribution < 1.29 is 28.6 Å². The Morgan fingerprint density at radius 3 is 2.13 bits per heavy atom. The second-order valence-electron chi connectivity index (χ2n) is 9.10. The predicted molar refractivity (Wildman–Crippen MR) is 144 cm³/mol. The maximum absolute atomic E-state index is 13.6. The predicted octanol–water partition coefficient (Wildman–Crippen LogP) is 6.04. The average Bonchev–Trinajstić information content (AvgIpc) is 3.22. The number of methoxy groups -OCH3 is 1. The molecule has 1 fully saturated rings. The lowest BCUT2D eigenvalue weighted by atomic mass is 9.94. The largest absolute Gasteiger partial charge is 0.507 e. The Hall–Kier alpha value is -4.91. The first-order valence-corrected chi connectivity index (χ1v) is 12.4. The summed E-state index contributed by atoms with van der Waals surface area (Å²) < 4.78 is 25.1. The summed E-state index contributed by atoms with van der Waals surface area (Å²) in [4.78, 5) is 28.0. The van der Waals surface area contributed by atoms with Crippen LogP contribution in [0.1, 0.15) is 28.3 Å². The van der Waals surface area contributed by atoms with Gasteiger partial charge in [0, 0.05) is 12.1 Å². The number of amides is 1. The second-order valence-corrected chi connectivity index (χ2v) is 9.10. The molecular formula is C32H26FNO5. The fraction of sp³-hybridized carbons (Fsp3) is 0.125. The molecule has 0 saturated carbocycles. The Morgan fingerprint density at radius 1 is 0.846 bits per heavy atom. The van der Waals surface area contributed by atoms with Crippen molar-refractivity contribution in [2.75, 3.05) is 7.11 Å². The third kappa shape index (κ3) is 5.38. The van der Waals surface area contributed by atoms with Gasteiger partial charge >= 0.3 is 0 Å². The molecule has 1 saturated heterocycles. The molecule has 0 radical (unpaired) electrons.